The Labute approximate surface area is 174 Å². The summed E-state index contributed by atoms with van der Waals surface area (Å²) in [6.45, 7) is 2.52. The standard InChI is InChI=1S/C20H30N4O3S2/c1-4-18-15-21-20(23-19(25)17-12-6-5-7-13-17)28(18,29(26,27)24(2)3)22-14-16-10-8-9-11-16/h5-7,12-13,15-16,22H,4,8-11,14H2,1-3H3,(H,21,23,25). The average molecular weight is 439 g/mol. The lowest BCUT2D eigenvalue weighted by atomic mass is 10.1. The largest absolute Gasteiger partial charge is 0.300 e. The van der Waals surface area contributed by atoms with Gasteiger partial charge >= 0.3 is 0 Å². The van der Waals surface area contributed by atoms with Gasteiger partial charge in [0.05, 0.1) is 0 Å². The lowest BCUT2D eigenvalue weighted by molar-refractivity contribution is 0.0978. The number of aliphatic imine (C=N–C) groups is 1. The molecule has 7 nitrogen and oxygen atoms in total. The second-order valence-corrected chi connectivity index (χ2v) is 14.2. The maximum atomic E-state index is 13.6. The molecule has 1 heterocycles. The third-order valence-electron chi connectivity index (χ3n) is 5.39. The number of carbonyl (C=O) groups is 1. The van der Waals surface area contributed by atoms with Gasteiger partial charge in [-0.05, 0) is 37.3 Å². The highest BCUT2D eigenvalue weighted by molar-refractivity contribution is 8.96. The second kappa shape index (κ2) is 8.99. The van der Waals surface area contributed by atoms with E-state index in [1.54, 1.807) is 30.5 Å². The molecule has 0 spiro atoms. The summed E-state index contributed by atoms with van der Waals surface area (Å²) >= 11 is 0. The van der Waals surface area contributed by atoms with Crippen LogP contribution in [0.2, 0.25) is 0 Å². The molecule has 160 valence electrons. The van der Waals surface area contributed by atoms with Crippen LogP contribution in [-0.4, -0.2) is 44.4 Å². The summed E-state index contributed by atoms with van der Waals surface area (Å²) in [7, 11) is -3.45. The van der Waals surface area contributed by atoms with Crippen molar-refractivity contribution in [1.29, 1.82) is 0 Å². The predicted octanol–water partition coefficient (Wildman–Crippen LogP) is 3.34. The number of nitrogens with zero attached hydrogens (tertiary/aromatic N) is 2. The molecule has 29 heavy (non-hydrogen) atoms. The van der Waals surface area contributed by atoms with Gasteiger partial charge in [0.25, 0.3) is 15.0 Å². The van der Waals surface area contributed by atoms with Gasteiger partial charge in [-0.2, -0.15) is 4.31 Å². The highest BCUT2D eigenvalue weighted by atomic mass is 33.2. The van der Waals surface area contributed by atoms with Crippen molar-refractivity contribution >= 4 is 29.4 Å². The number of nitrogens with one attached hydrogen (secondary N) is 2. The van der Waals surface area contributed by atoms with Gasteiger partial charge in [0, 0.05) is 46.6 Å². The normalized spacial score (nSPS) is 24.8. The Morgan fingerprint density at radius 3 is 2.45 bits per heavy atom. The first-order valence-electron chi connectivity index (χ1n) is 9.96. The zero-order valence-corrected chi connectivity index (χ0v) is 18.9. The first-order chi connectivity index (χ1) is 13.8. The Balaban J connectivity index is 1.97. The van der Waals surface area contributed by atoms with Crippen molar-refractivity contribution in [2.24, 2.45) is 10.9 Å². The van der Waals surface area contributed by atoms with E-state index in [0.29, 0.717) is 29.4 Å². The van der Waals surface area contributed by atoms with Crippen LogP contribution in [0.3, 0.4) is 0 Å². The third-order valence-corrected chi connectivity index (χ3v) is 13.6. The molecule has 1 aliphatic heterocycles. The van der Waals surface area contributed by atoms with Gasteiger partial charge in [0.15, 0.2) is 5.17 Å². The molecule has 0 aromatic heterocycles. The Morgan fingerprint density at radius 2 is 1.86 bits per heavy atom. The highest BCUT2D eigenvalue weighted by Gasteiger charge is 2.50. The number of amides is 1. The average Bonchev–Trinajstić information content (AvgIpc) is 3.35. The zero-order chi connectivity index (χ0) is 21.1. The van der Waals surface area contributed by atoms with Crippen LogP contribution in [0.25, 0.3) is 0 Å². The lowest BCUT2D eigenvalue weighted by Crippen LogP contribution is -2.46. The van der Waals surface area contributed by atoms with Crippen LogP contribution >= 0.6 is 9.25 Å². The topological polar surface area (TPSA) is 90.9 Å². The molecule has 0 radical (unpaired) electrons. The third kappa shape index (κ3) is 4.14. The predicted molar refractivity (Wildman–Crippen MR) is 120 cm³/mol. The number of amidine groups is 1. The second-order valence-electron chi connectivity index (χ2n) is 7.50. The van der Waals surface area contributed by atoms with Crippen LogP contribution in [0.5, 0.6) is 0 Å². The van der Waals surface area contributed by atoms with Crippen LogP contribution in [0, 0.1) is 5.92 Å². The number of benzene rings is 1. The van der Waals surface area contributed by atoms with Gasteiger partial charge in [0.1, 0.15) is 0 Å². The van der Waals surface area contributed by atoms with E-state index in [2.05, 4.69) is 15.0 Å². The van der Waals surface area contributed by atoms with Crippen molar-refractivity contribution in [3.8, 4) is 0 Å². The minimum atomic E-state index is -3.78. The fraction of sp³-hybridized carbons (Fsp3) is 0.500. The first-order valence-corrected chi connectivity index (χ1v) is 13.6. The van der Waals surface area contributed by atoms with Crippen LogP contribution < -0.4 is 10.0 Å². The Hall–Kier alpha value is -1.68. The number of hydrogen-bond acceptors (Lipinski definition) is 5. The quantitative estimate of drug-likeness (QED) is 0.639. The summed E-state index contributed by atoms with van der Waals surface area (Å²) in [5.74, 6) is 0.0881. The zero-order valence-electron chi connectivity index (χ0n) is 17.2. The molecule has 1 fully saturated rings. The SMILES string of the molecule is CCC1=CN=C(NC(=O)c2ccccc2)S1(NCC1CCCC1)S(=O)(=O)N(C)C. The van der Waals surface area contributed by atoms with Crippen molar-refractivity contribution in [1.82, 2.24) is 14.3 Å². The van der Waals surface area contributed by atoms with E-state index in [1.165, 1.54) is 31.2 Å². The van der Waals surface area contributed by atoms with Gasteiger partial charge in [-0.1, -0.05) is 38.0 Å². The van der Waals surface area contributed by atoms with Gasteiger partial charge in [-0.3, -0.25) is 9.52 Å². The number of rotatable bonds is 7. The first kappa shape index (κ1) is 22.0. The van der Waals surface area contributed by atoms with Crippen molar-refractivity contribution in [3.05, 3.63) is 47.0 Å². The fourth-order valence-corrected chi connectivity index (χ4v) is 11.0. The molecule has 9 heteroatoms. The summed E-state index contributed by atoms with van der Waals surface area (Å²) in [6.07, 6.45) is 6.69. The molecule has 1 amide bonds. The molecule has 1 atom stereocenters. The summed E-state index contributed by atoms with van der Waals surface area (Å²) < 4.78 is 31.8. The van der Waals surface area contributed by atoms with E-state index >= 15 is 0 Å². The van der Waals surface area contributed by atoms with Crippen LogP contribution in [0.1, 0.15) is 49.4 Å². The van der Waals surface area contributed by atoms with Gasteiger partial charge < -0.3 is 5.32 Å². The molecule has 1 aliphatic carbocycles. The van der Waals surface area contributed by atoms with E-state index in [4.69, 9.17) is 0 Å². The number of hydrogen-bond donors (Lipinski definition) is 2. The number of carbonyl (C=O) groups excluding carboxylic acids is 1. The molecular formula is C20H30N4O3S2. The van der Waals surface area contributed by atoms with Gasteiger partial charge in [0.2, 0.25) is 0 Å². The monoisotopic (exact) mass is 438 g/mol. The minimum Gasteiger partial charge on any atom is -0.300 e. The minimum absolute atomic E-state index is 0.204. The molecular weight excluding hydrogens is 408 g/mol. The van der Waals surface area contributed by atoms with Crippen LogP contribution in [0.4, 0.5) is 0 Å². The Kier molecular flexibility index (Phi) is 6.83. The van der Waals surface area contributed by atoms with Gasteiger partial charge in [-0.15, -0.1) is 0 Å². The van der Waals surface area contributed by atoms with Gasteiger partial charge in [-0.25, -0.2) is 13.4 Å². The lowest BCUT2D eigenvalue weighted by Gasteiger charge is -2.41. The Bertz CT molecular complexity index is 907. The van der Waals surface area contributed by atoms with Crippen molar-refractivity contribution in [2.75, 3.05) is 20.6 Å². The molecule has 2 N–H and O–H groups in total. The molecule has 0 bridgehead atoms. The molecule has 2 aliphatic rings. The maximum absolute atomic E-state index is 13.6. The number of allylic oxidation sites excluding steroid dienone is 1. The summed E-state index contributed by atoms with van der Waals surface area (Å²) in [5, 5.41) is 3.02. The fourth-order valence-electron chi connectivity index (χ4n) is 3.70. The summed E-state index contributed by atoms with van der Waals surface area (Å²) in [4.78, 5) is 17.9. The molecule has 1 saturated carbocycles. The highest BCUT2D eigenvalue weighted by Crippen LogP contribution is 2.62. The summed E-state index contributed by atoms with van der Waals surface area (Å²) in [5.41, 5.74) is 0.464. The van der Waals surface area contributed by atoms with E-state index < -0.39 is 18.3 Å². The summed E-state index contributed by atoms with van der Waals surface area (Å²) in [6, 6.07) is 8.77. The Morgan fingerprint density at radius 1 is 1.21 bits per heavy atom. The molecule has 3 rings (SSSR count). The smallest absolute Gasteiger partial charge is 0.271 e. The van der Waals surface area contributed by atoms with E-state index in [1.807, 2.05) is 13.0 Å². The molecule has 1 aromatic carbocycles. The molecule has 1 aromatic rings. The molecule has 1 unspecified atom stereocenters. The van der Waals surface area contributed by atoms with E-state index in [9.17, 15) is 13.2 Å². The van der Waals surface area contributed by atoms with Crippen LogP contribution in [-0.2, 0) is 9.06 Å². The van der Waals surface area contributed by atoms with E-state index in [-0.39, 0.29) is 11.1 Å². The maximum Gasteiger partial charge on any atom is 0.271 e. The van der Waals surface area contributed by atoms with Crippen molar-refractivity contribution in [2.45, 2.75) is 39.0 Å². The molecule has 0 saturated heterocycles. The van der Waals surface area contributed by atoms with Crippen molar-refractivity contribution < 1.29 is 13.2 Å². The van der Waals surface area contributed by atoms with Crippen LogP contribution in [0.15, 0.2) is 46.4 Å². The van der Waals surface area contributed by atoms with Crippen molar-refractivity contribution in [3.63, 3.8) is 0 Å². The van der Waals surface area contributed by atoms with E-state index in [0.717, 1.165) is 12.8 Å².